The Balaban J connectivity index is 1.86. The molecule has 0 unspecified atom stereocenters. The molecule has 0 atom stereocenters. The molecule has 154 valence electrons. The van der Waals surface area contributed by atoms with Crippen molar-refractivity contribution in [2.75, 3.05) is 25.0 Å². The minimum Gasteiger partial charge on any atom is -0.356 e. The van der Waals surface area contributed by atoms with Gasteiger partial charge in [-0.05, 0) is 43.5 Å². The first-order chi connectivity index (χ1) is 13.2. The third kappa shape index (κ3) is 6.08. The van der Waals surface area contributed by atoms with Gasteiger partial charge in [-0.1, -0.05) is 34.1 Å². The van der Waals surface area contributed by atoms with Crippen LogP contribution in [0.15, 0.2) is 24.3 Å². The summed E-state index contributed by atoms with van der Waals surface area (Å²) in [6.45, 7) is 9.57. The Morgan fingerprint density at radius 2 is 1.68 bits per heavy atom. The second-order valence-corrected chi connectivity index (χ2v) is 8.49. The first-order valence-corrected chi connectivity index (χ1v) is 10.2. The maximum absolute atomic E-state index is 12.7. The topological polar surface area (TPSA) is 78.5 Å². The highest BCUT2D eigenvalue weighted by molar-refractivity contribution is 5.97. The summed E-state index contributed by atoms with van der Waals surface area (Å²) in [6, 6.07) is 6.99. The molecule has 1 aromatic rings. The summed E-state index contributed by atoms with van der Waals surface area (Å²) in [6.07, 6.45) is 3.45. The average molecular weight is 388 g/mol. The molecule has 0 spiro atoms. The van der Waals surface area contributed by atoms with Gasteiger partial charge >= 0.3 is 0 Å². The zero-order valence-electron chi connectivity index (χ0n) is 17.5. The number of rotatable bonds is 6. The van der Waals surface area contributed by atoms with Crippen LogP contribution in [0.5, 0.6) is 0 Å². The number of amides is 3. The van der Waals surface area contributed by atoms with Crippen molar-refractivity contribution < 1.29 is 14.4 Å². The van der Waals surface area contributed by atoms with E-state index in [1.165, 1.54) is 0 Å². The number of carbonyl (C=O) groups excluding carboxylic acids is 3. The highest BCUT2D eigenvalue weighted by atomic mass is 16.2. The fraction of sp³-hybridized carbons (Fsp3) is 0.591. The summed E-state index contributed by atoms with van der Waals surface area (Å²) in [7, 11) is 0. The summed E-state index contributed by atoms with van der Waals surface area (Å²) in [5, 5.41) is 5.84. The van der Waals surface area contributed by atoms with E-state index in [0.29, 0.717) is 37.2 Å². The molecule has 0 saturated carbocycles. The molecule has 1 saturated heterocycles. The van der Waals surface area contributed by atoms with E-state index in [9.17, 15) is 14.4 Å². The molecule has 2 N–H and O–H groups in total. The second kappa shape index (κ2) is 9.71. The Labute approximate surface area is 168 Å². The second-order valence-electron chi connectivity index (χ2n) is 8.49. The molecule has 0 bridgehead atoms. The summed E-state index contributed by atoms with van der Waals surface area (Å²) in [5.74, 6) is 0.0137. The molecule has 3 amide bonds. The zero-order chi connectivity index (χ0) is 20.7. The number of benzene rings is 1. The Morgan fingerprint density at radius 1 is 1.07 bits per heavy atom. The highest BCUT2D eigenvalue weighted by Crippen LogP contribution is 2.21. The van der Waals surface area contributed by atoms with E-state index in [0.717, 1.165) is 19.4 Å². The molecule has 28 heavy (non-hydrogen) atoms. The van der Waals surface area contributed by atoms with Crippen LogP contribution in [0.1, 0.15) is 63.7 Å². The Kier molecular flexibility index (Phi) is 7.61. The molecule has 0 aromatic heterocycles. The summed E-state index contributed by atoms with van der Waals surface area (Å²) in [4.78, 5) is 38.7. The van der Waals surface area contributed by atoms with Gasteiger partial charge in [0.2, 0.25) is 11.8 Å². The number of nitrogens with zero attached hydrogens (tertiary/aromatic N) is 1. The third-order valence-electron chi connectivity index (χ3n) is 5.05. The number of likely N-dealkylation sites (tertiary alicyclic amines) is 1. The van der Waals surface area contributed by atoms with Crippen LogP contribution in [0.2, 0.25) is 0 Å². The number of unbranched alkanes of at least 4 members (excludes halogenated alkanes) is 1. The van der Waals surface area contributed by atoms with Crippen LogP contribution in [-0.4, -0.2) is 42.3 Å². The molecule has 6 nitrogen and oxygen atoms in total. The lowest BCUT2D eigenvalue weighted by molar-refractivity contribution is -0.126. The Morgan fingerprint density at radius 3 is 2.21 bits per heavy atom. The lowest BCUT2D eigenvalue weighted by atomic mass is 9.95. The highest BCUT2D eigenvalue weighted by Gasteiger charge is 2.27. The van der Waals surface area contributed by atoms with Crippen LogP contribution in [0.25, 0.3) is 0 Å². The lowest BCUT2D eigenvalue weighted by Gasteiger charge is -2.31. The number of hydrogen-bond donors (Lipinski definition) is 2. The van der Waals surface area contributed by atoms with Gasteiger partial charge < -0.3 is 15.5 Å². The van der Waals surface area contributed by atoms with Gasteiger partial charge in [0.05, 0.1) is 0 Å². The van der Waals surface area contributed by atoms with E-state index in [1.807, 2.05) is 20.8 Å². The van der Waals surface area contributed by atoms with Crippen LogP contribution >= 0.6 is 0 Å². The van der Waals surface area contributed by atoms with E-state index in [-0.39, 0.29) is 23.6 Å². The standard InChI is InChI=1S/C22H33N3O3/c1-5-6-13-23-19(26)16-11-14-25(15-12-16)20(27)17-7-9-18(10-8-17)24-21(28)22(2,3)4/h7-10,16H,5-6,11-15H2,1-4H3,(H,23,26)(H,24,28). The smallest absolute Gasteiger partial charge is 0.253 e. The Bertz CT molecular complexity index is 684. The van der Waals surface area contributed by atoms with Crippen molar-refractivity contribution in [2.45, 2.75) is 53.4 Å². The monoisotopic (exact) mass is 387 g/mol. The largest absolute Gasteiger partial charge is 0.356 e. The van der Waals surface area contributed by atoms with Gasteiger partial charge in [-0.25, -0.2) is 0 Å². The molecule has 1 aromatic carbocycles. The molecular formula is C22H33N3O3. The normalized spacial score (nSPS) is 15.2. The van der Waals surface area contributed by atoms with Gasteiger partial charge in [-0.3, -0.25) is 14.4 Å². The summed E-state index contributed by atoms with van der Waals surface area (Å²) < 4.78 is 0. The van der Waals surface area contributed by atoms with E-state index < -0.39 is 5.41 Å². The molecule has 1 aliphatic heterocycles. The minimum atomic E-state index is -0.471. The average Bonchev–Trinajstić information content (AvgIpc) is 2.67. The maximum Gasteiger partial charge on any atom is 0.253 e. The number of nitrogens with one attached hydrogen (secondary N) is 2. The lowest BCUT2D eigenvalue weighted by Crippen LogP contribution is -2.43. The minimum absolute atomic E-state index is 0.00380. The van der Waals surface area contributed by atoms with E-state index in [1.54, 1.807) is 29.2 Å². The van der Waals surface area contributed by atoms with Crippen LogP contribution in [-0.2, 0) is 9.59 Å². The first kappa shape index (κ1) is 21.9. The SMILES string of the molecule is CCCCNC(=O)C1CCN(C(=O)c2ccc(NC(=O)C(C)(C)C)cc2)CC1. The summed E-state index contributed by atoms with van der Waals surface area (Å²) >= 11 is 0. The predicted octanol–water partition coefficient (Wildman–Crippen LogP) is 3.44. The number of anilines is 1. The molecule has 0 aliphatic carbocycles. The molecule has 2 rings (SSSR count). The van der Waals surface area contributed by atoms with Crippen molar-refractivity contribution in [2.24, 2.45) is 11.3 Å². The van der Waals surface area contributed by atoms with Gasteiger partial charge in [-0.2, -0.15) is 0 Å². The van der Waals surface area contributed by atoms with Crippen molar-refractivity contribution >= 4 is 23.4 Å². The van der Waals surface area contributed by atoms with Gasteiger partial charge in [0, 0.05) is 42.2 Å². The van der Waals surface area contributed by atoms with Crippen molar-refractivity contribution in [3.8, 4) is 0 Å². The van der Waals surface area contributed by atoms with Crippen molar-refractivity contribution in [3.63, 3.8) is 0 Å². The van der Waals surface area contributed by atoms with Gasteiger partial charge in [-0.15, -0.1) is 0 Å². The van der Waals surface area contributed by atoms with E-state index in [4.69, 9.17) is 0 Å². The van der Waals surface area contributed by atoms with Crippen molar-refractivity contribution in [1.29, 1.82) is 0 Å². The summed E-state index contributed by atoms with van der Waals surface area (Å²) in [5.41, 5.74) is 0.806. The van der Waals surface area contributed by atoms with Crippen molar-refractivity contribution in [3.05, 3.63) is 29.8 Å². The number of hydrogen-bond acceptors (Lipinski definition) is 3. The van der Waals surface area contributed by atoms with Crippen LogP contribution in [0.3, 0.4) is 0 Å². The van der Waals surface area contributed by atoms with E-state index >= 15 is 0 Å². The van der Waals surface area contributed by atoms with Gasteiger partial charge in [0.15, 0.2) is 0 Å². The molecule has 6 heteroatoms. The first-order valence-electron chi connectivity index (χ1n) is 10.2. The van der Waals surface area contributed by atoms with Crippen molar-refractivity contribution in [1.82, 2.24) is 10.2 Å². The molecular weight excluding hydrogens is 354 g/mol. The number of carbonyl (C=O) groups is 3. The quantitative estimate of drug-likeness (QED) is 0.734. The fourth-order valence-corrected chi connectivity index (χ4v) is 3.07. The number of piperidine rings is 1. The van der Waals surface area contributed by atoms with Crippen LogP contribution < -0.4 is 10.6 Å². The molecule has 1 aliphatic rings. The molecule has 0 radical (unpaired) electrons. The van der Waals surface area contributed by atoms with E-state index in [2.05, 4.69) is 17.6 Å². The fourth-order valence-electron chi connectivity index (χ4n) is 3.07. The zero-order valence-corrected chi connectivity index (χ0v) is 17.5. The Hall–Kier alpha value is -2.37. The maximum atomic E-state index is 12.7. The molecule has 1 fully saturated rings. The van der Waals surface area contributed by atoms with Crippen LogP contribution in [0, 0.1) is 11.3 Å². The van der Waals surface area contributed by atoms with Crippen LogP contribution in [0.4, 0.5) is 5.69 Å². The molecule has 1 heterocycles. The third-order valence-corrected chi connectivity index (χ3v) is 5.05. The predicted molar refractivity (Wildman–Crippen MR) is 111 cm³/mol. The van der Waals surface area contributed by atoms with Gasteiger partial charge in [0.1, 0.15) is 0 Å². The van der Waals surface area contributed by atoms with Gasteiger partial charge in [0.25, 0.3) is 5.91 Å².